The number of nitrogens with one attached hydrogen (secondary N) is 2. The van der Waals surface area contributed by atoms with Gasteiger partial charge in [-0.1, -0.05) is 12.1 Å². The molecule has 0 unspecified atom stereocenters. The third kappa shape index (κ3) is 4.68. The lowest BCUT2D eigenvalue weighted by Crippen LogP contribution is -2.31. The molecule has 1 atom stereocenters. The van der Waals surface area contributed by atoms with Crippen molar-refractivity contribution >= 4 is 34.3 Å². The molecule has 0 spiro atoms. The van der Waals surface area contributed by atoms with Crippen molar-refractivity contribution in [2.24, 2.45) is 0 Å². The van der Waals surface area contributed by atoms with Crippen LogP contribution in [0.1, 0.15) is 11.9 Å². The van der Waals surface area contributed by atoms with Crippen LogP contribution >= 0.6 is 11.3 Å². The zero-order chi connectivity index (χ0) is 19.4. The van der Waals surface area contributed by atoms with Crippen molar-refractivity contribution in [3.63, 3.8) is 0 Å². The van der Waals surface area contributed by atoms with Crippen LogP contribution in [0.4, 0.5) is 17.1 Å². The highest BCUT2D eigenvalue weighted by Crippen LogP contribution is 2.23. The van der Waals surface area contributed by atoms with Gasteiger partial charge in [0.2, 0.25) is 5.91 Å². The molecule has 3 rings (SSSR count). The number of amides is 1. The van der Waals surface area contributed by atoms with Crippen molar-refractivity contribution < 1.29 is 9.72 Å². The maximum absolute atomic E-state index is 12.3. The van der Waals surface area contributed by atoms with Gasteiger partial charge in [-0.25, -0.2) is 4.98 Å². The Kier molecular flexibility index (Phi) is 5.46. The van der Waals surface area contributed by atoms with E-state index in [0.29, 0.717) is 5.69 Å². The summed E-state index contributed by atoms with van der Waals surface area (Å²) in [4.78, 5) is 27.0. The summed E-state index contributed by atoms with van der Waals surface area (Å²) in [6.07, 6.45) is 0. The van der Waals surface area contributed by atoms with Crippen molar-refractivity contribution in [1.82, 2.24) is 4.98 Å². The molecule has 27 heavy (non-hydrogen) atoms. The van der Waals surface area contributed by atoms with Gasteiger partial charge in [-0.2, -0.15) is 0 Å². The molecule has 0 aliphatic rings. The van der Waals surface area contributed by atoms with Crippen molar-refractivity contribution in [3.05, 3.63) is 69.0 Å². The lowest BCUT2D eigenvalue weighted by Gasteiger charge is -2.15. The second-order valence-corrected chi connectivity index (χ2v) is 7.05. The topological polar surface area (TPSA) is 97.2 Å². The Morgan fingerprint density at radius 1 is 1.11 bits per heavy atom. The van der Waals surface area contributed by atoms with Crippen molar-refractivity contribution in [3.8, 4) is 11.3 Å². The standard InChI is InChI=1S/C19H18N4O3S/c1-12(19(24)22-16-7-9-17(10-8-16)23(25)26)20-15-5-3-14(4-6-15)18-11-27-13(2)21-18/h3-12,20H,1-2H3,(H,22,24)/t12-/m0/s1. The summed E-state index contributed by atoms with van der Waals surface area (Å²) in [7, 11) is 0. The first-order valence-electron chi connectivity index (χ1n) is 8.27. The van der Waals surface area contributed by atoms with Gasteiger partial charge in [0.1, 0.15) is 6.04 Å². The fourth-order valence-corrected chi connectivity index (χ4v) is 3.09. The van der Waals surface area contributed by atoms with E-state index in [1.807, 2.05) is 36.6 Å². The number of rotatable bonds is 6. The second kappa shape index (κ2) is 7.96. The number of aryl methyl sites for hydroxylation is 1. The zero-order valence-electron chi connectivity index (χ0n) is 14.8. The van der Waals surface area contributed by atoms with Crippen molar-refractivity contribution in [2.75, 3.05) is 10.6 Å². The summed E-state index contributed by atoms with van der Waals surface area (Å²) in [6, 6.07) is 13.0. The van der Waals surface area contributed by atoms with E-state index in [1.165, 1.54) is 24.3 Å². The number of benzene rings is 2. The maximum atomic E-state index is 12.3. The predicted molar refractivity (Wildman–Crippen MR) is 107 cm³/mol. The molecule has 0 saturated heterocycles. The Hall–Kier alpha value is -3.26. The number of thiazole rings is 1. The lowest BCUT2D eigenvalue weighted by molar-refractivity contribution is -0.384. The molecule has 1 amide bonds. The third-order valence-electron chi connectivity index (χ3n) is 3.92. The minimum absolute atomic E-state index is 0.0189. The third-order valence-corrected chi connectivity index (χ3v) is 4.70. The Bertz CT molecular complexity index is 952. The van der Waals surface area contributed by atoms with E-state index in [4.69, 9.17) is 0 Å². The molecular formula is C19H18N4O3S. The molecule has 138 valence electrons. The van der Waals surface area contributed by atoms with Gasteiger partial charge in [0.15, 0.2) is 0 Å². The minimum Gasteiger partial charge on any atom is -0.374 e. The average molecular weight is 382 g/mol. The summed E-state index contributed by atoms with van der Waals surface area (Å²) < 4.78 is 0. The highest BCUT2D eigenvalue weighted by Gasteiger charge is 2.14. The number of anilines is 2. The molecule has 2 N–H and O–H groups in total. The van der Waals surface area contributed by atoms with Gasteiger partial charge in [0, 0.05) is 34.5 Å². The monoisotopic (exact) mass is 382 g/mol. The SMILES string of the molecule is Cc1nc(-c2ccc(N[C@@H](C)C(=O)Nc3ccc([N+](=O)[O-])cc3)cc2)cs1. The van der Waals surface area contributed by atoms with Crippen LogP contribution in [-0.4, -0.2) is 21.9 Å². The van der Waals surface area contributed by atoms with Crippen LogP contribution in [-0.2, 0) is 4.79 Å². The molecule has 0 aliphatic carbocycles. The zero-order valence-corrected chi connectivity index (χ0v) is 15.6. The largest absolute Gasteiger partial charge is 0.374 e. The highest BCUT2D eigenvalue weighted by molar-refractivity contribution is 7.09. The summed E-state index contributed by atoms with van der Waals surface area (Å²) in [5.74, 6) is -0.233. The molecule has 0 saturated carbocycles. The van der Waals surface area contributed by atoms with E-state index in [2.05, 4.69) is 15.6 Å². The summed E-state index contributed by atoms with van der Waals surface area (Å²) in [6.45, 7) is 3.72. The first-order chi connectivity index (χ1) is 12.9. The van der Waals surface area contributed by atoms with Crippen LogP contribution in [0.25, 0.3) is 11.3 Å². The fourth-order valence-electron chi connectivity index (χ4n) is 2.47. The molecule has 0 bridgehead atoms. The second-order valence-electron chi connectivity index (χ2n) is 5.99. The number of non-ortho nitro benzene ring substituents is 1. The summed E-state index contributed by atoms with van der Waals surface area (Å²) in [5, 5.41) is 19.6. The minimum atomic E-state index is -0.480. The number of nitrogens with zero attached hydrogens (tertiary/aromatic N) is 2. The van der Waals surface area contributed by atoms with Gasteiger partial charge in [-0.15, -0.1) is 11.3 Å². The molecule has 1 aromatic heterocycles. The first kappa shape index (κ1) is 18.5. The highest BCUT2D eigenvalue weighted by atomic mass is 32.1. The fraction of sp³-hybridized carbons (Fsp3) is 0.158. The molecule has 0 radical (unpaired) electrons. The molecule has 0 fully saturated rings. The van der Waals surface area contributed by atoms with Crippen LogP contribution in [0.3, 0.4) is 0 Å². The molecule has 2 aromatic carbocycles. The van der Waals surface area contributed by atoms with Crippen LogP contribution in [0.15, 0.2) is 53.9 Å². The number of nitro benzene ring substituents is 1. The molecule has 0 aliphatic heterocycles. The van der Waals surface area contributed by atoms with Gasteiger partial charge in [0.25, 0.3) is 5.69 Å². The number of hydrogen-bond donors (Lipinski definition) is 2. The van der Waals surface area contributed by atoms with Crippen molar-refractivity contribution in [2.45, 2.75) is 19.9 Å². The van der Waals surface area contributed by atoms with Crippen LogP contribution in [0, 0.1) is 17.0 Å². The summed E-state index contributed by atoms with van der Waals surface area (Å²) >= 11 is 1.60. The number of carbonyl (C=O) groups is 1. The number of hydrogen-bond acceptors (Lipinski definition) is 6. The van der Waals surface area contributed by atoms with Gasteiger partial charge in [-0.05, 0) is 38.1 Å². The smallest absolute Gasteiger partial charge is 0.269 e. The van der Waals surface area contributed by atoms with Crippen molar-refractivity contribution in [1.29, 1.82) is 0 Å². The maximum Gasteiger partial charge on any atom is 0.269 e. The Morgan fingerprint density at radius 3 is 2.30 bits per heavy atom. The van der Waals surface area contributed by atoms with E-state index in [1.54, 1.807) is 18.3 Å². The molecule has 3 aromatic rings. The Labute approximate surface area is 160 Å². The van der Waals surface area contributed by atoms with E-state index in [0.717, 1.165) is 22.0 Å². The molecule has 1 heterocycles. The molecule has 7 nitrogen and oxygen atoms in total. The van der Waals surface area contributed by atoms with Crippen LogP contribution < -0.4 is 10.6 Å². The van der Waals surface area contributed by atoms with Gasteiger partial charge < -0.3 is 10.6 Å². The van der Waals surface area contributed by atoms with E-state index >= 15 is 0 Å². The van der Waals surface area contributed by atoms with Gasteiger partial charge in [0.05, 0.1) is 15.6 Å². The number of carbonyl (C=O) groups excluding carboxylic acids is 1. The quantitative estimate of drug-likeness (QED) is 0.484. The Balaban J connectivity index is 1.59. The van der Waals surface area contributed by atoms with E-state index < -0.39 is 11.0 Å². The van der Waals surface area contributed by atoms with Gasteiger partial charge in [-0.3, -0.25) is 14.9 Å². The van der Waals surface area contributed by atoms with Gasteiger partial charge >= 0.3 is 0 Å². The number of aromatic nitrogens is 1. The van der Waals surface area contributed by atoms with Crippen LogP contribution in [0.2, 0.25) is 0 Å². The van der Waals surface area contributed by atoms with E-state index in [9.17, 15) is 14.9 Å². The molecular weight excluding hydrogens is 364 g/mol. The summed E-state index contributed by atoms with van der Waals surface area (Å²) in [5.41, 5.74) is 3.26. The van der Waals surface area contributed by atoms with Crippen LogP contribution in [0.5, 0.6) is 0 Å². The molecule has 8 heteroatoms. The first-order valence-corrected chi connectivity index (χ1v) is 9.15. The lowest BCUT2D eigenvalue weighted by atomic mass is 10.1. The normalized spacial score (nSPS) is 11.6. The number of nitro groups is 1. The Morgan fingerprint density at radius 2 is 1.74 bits per heavy atom. The van der Waals surface area contributed by atoms with E-state index in [-0.39, 0.29) is 11.6 Å². The average Bonchev–Trinajstić information content (AvgIpc) is 3.09. The predicted octanol–water partition coefficient (Wildman–Crippen LogP) is 4.47.